The highest BCUT2D eigenvalue weighted by atomic mass is 35.5. The van der Waals surface area contributed by atoms with E-state index < -0.39 is 0 Å². The van der Waals surface area contributed by atoms with Gasteiger partial charge in [0.05, 0.1) is 6.54 Å². The maximum Gasteiger partial charge on any atom is 0.237 e. The van der Waals surface area contributed by atoms with Gasteiger partial charge < -0.3 is 10.6 Å². The van der Waals surface area contributed by atoms with E-state index in [0.717, 1.165) is 18.5 Å². The minimum atomic E-state index is -0.279. The Balaban J connectivity index is 0.00000364. The highest BCUT2D eigenvalue weighted by Crippen LogP contribution is 2.08. The van der Waals surface area contributed by atoms with E-state index in [0.29, 0.717) is 32.7 Å². The number of benzene rings is 2. The second-order valence-corrected chi connectivity index (χ2v) is 6.34. The molecule has 0 bridgehead atoms. The number of nitrogens with zero attached hydrogens (tertiary/aromatic N) is 2. The second-order valence-electron chi connectivity index (χ2n) is 6.34. The summed E-state index contributed by atoms with van der Waals surface area (Å²) < 4.78 is 13.4. The molecule has 1 amide bonds. The van der Waals surface area contributed by atoms with Crippen LogP contribution in [0.4, 0.5) is 4.39 Å². The Labute approximate surface area is 167 Å². The van der Waals surface area contributed by atoms with Crippen LogP contribution in [0.1, 0.15) is 18.1 Å². The van der Waals surface area contributed by atoms with Crippen molar-refractivity contribution in [3.63, 3.8) is 0 Å². The first-order chi connectivity index (χ1) is 12.6. The van der Waals surface area contributed by atoms with Gasteiger partial charge in [-0.05, 0) is 36.6 Å². The summed E-state index contributed by atoms with van der Waals surface area (Å²) in [6, 6.07) is 16.6. The van der Waals surface area contributed by atoms with Crippen LogP contribution in [-0.4, -0.2) is 48.4 Å². The van der Waals surface area contributed by atoms with E-state index >= 15 is 0 Å². The number of nitrogens with two attached hydrogens (primary N) is 1. The third-order valence-electron chi connectivity index (χ3n) is 4.36. The predicted molar refractivity (Wildman–Crippen MR) is 110 cm³/mol. The second kappa shape index (κ2) is 12.4. The lowest BCUT2D eigenvalue weighted by atomic mass is 10.1. The van der Waals surface area contributed by atoms with E-state index in [1.807, 2.05) is 31.2 Å². The van der Waals surface area contributed by atoms with Gasteiger partial charge in [-0.3, -0.25) is 9.69 Å². The summed E-state index contributed by atoms with van der Waals surface area (Å²) in [6.45, 7) is 5.24. The average Bonchev–Trinajstić information content (AvgIpc) is 2.65. The van der Waals surface area contributed by atoms with Gasteiger partial charge in [0.2, 0.25) is 5.91 Å². The smallest absolute Gasteiger partial charge is 0.237 e. The summed E-state index contributed by atoms with van der Waals surface area (Å²) in [5.74, 6) is -0.239. The summed E-state index contributed by atoms with van der Waals surface area (Å²) in [6.07, 6.45) is 0.879. The van der Waals surface area contributed by atoms with Crippen molar-refractivity contribution in [2.75, 3.05) is 32.7 Å². The third kappa shape index (κ3) is 8.08. The molecular weight excluding hydrogens is 365 g/mol. The largest absolute Gasteiger partial charge is 0.338 e. The molecule has 0 aliphatic rings. The lowest BCUT2D eigenvalue weighted by Crippen LogP contribution is -2.42. The monoisotopic (exact) mass is 393 g/mol. The summed E-state index contributed by atoms with van der Waals surface area (Å²) in [7, 11) is 0. The minimum absolute atomic E-state index is 0. The quantitative estimate of drug-likeness (QED) is 0.674. The Morgan fingerprint density at radius 1 is 1.04 bits per heavy atom. The van der Waals surface area contributed by atoms with Crippen LogP contribution < -0.4 is 5.73 Å². The van der Waals surface area contributed by atoms with Crippen LogP contribution >= 0.6 is 12.4 Å². The van der Waals surface area contributed by atoms with E-state index in [9.17, 15) is 9.18 Å². The fraction of sp³-hybridized carbons (Fsp3) is 0.381. The van der Waals surface area contributed by atoms with Gasteiger partial charge in [-0.15, -0.1) is 12.4 Å². The molecule has 2 aromatic carbocycles. The molecule has 0 aliphatic heterocycles. The molecule has 0 saturated heterocycles. The Morgan fingerprint density at radius 2 is 1.74 bits per heavy atom. The summed E-state index contributed by atoms with van der Waals surface area (Å²) in [5.41, 5.74) is 7.76. The highest BCUT2D eigenvalue weighted by Gasteiger charge is 2.16. The van der Waals surface area contributed by atoms with Gasteiger partial charge in [-0.2, -0.15) is 0 Å². The molecule has 6 heteroatoms. The highest BCUT2D eigenvalue weighted by molar-refractivity contribution is 5.85. The van der Waals surface area contributed by atoms with Crippen molar-refractivity contribution in [1.29, 1.82) is 0 Å². The molecule has 2 rings (SSSR count). The van der Waals surface area contributed by atoms with Crippen molar-refractivity contribution in [3.8, 4) is 0 Å². The zero-order chi connectivity index (χ0) is 18.8. The Hall–Kier alpha value is -1.95. The summed E-state index contributed by atoms with van der Waals surface area (Å²) in [4.78, 5) is 16.5. The Kier molecular flexibility index (Phi) is 10.6. The van der Waals surface area contributed by atoms with Crippen LogP contribution in [0.5, 0.6) is 0 Å². The van der Waals surface area contributed by atoms with Crippen LogP contribution in [0, 0.1) is 5.82 Å². The van der Waals surface area contributed by atoms with E-state index in [1.165, 1.54) is 17.7 Å². The number of hydrogen-bond donors (Lipinski definition) is 1. The zero-order valence-corrected chi connectivity index (χ0v) is 16.6. The van der Waals surface area contributed by atoms with E-state index in [4.69, 9.17) is 5.73 Å². The molecule has 0 aliphatic carbocycles. The molecule has 148 valence electrons. The van der Waals surface area contributed by atoms with Gasteiger partial charge in [-0.25, -0.2) is 4.39 Å². The lowest BCUT2D eigenvalue weighted by Gasteiger charge is -2.26. The van der Waals surface area contributed by atoms with Gasteiger partial charge in [0.25, 0.3) is 0 Å². The molecule has 0 atom stereocenters. The first-order valence-electron chi connectivity index (χ1n) is 9.11. The van der Waals surface area contributed by atoms with Crippen LogP contribution in [-0.2, 0) is 17.8 Å². The molecule has 0 fully saturated rings. The predicted octanol–water partition coefficient (Wildman–Crippen LogP) is 3.10. The van der Waals surface area contributed by atoms with Crippen molar-refractivity contribution in [3.05, 3.63) is 71.5 Å². The topological polar surface area (TPSA) is 49.6 Å². The number of rotatable bonds is 10. The molecule has 2 N–H and O–H groups in total. The van der Waals surface area contributed by atoms with Crippen LogP contribution in [0.3, 0.4) is 0 Å². The minimum Gasteiger partial charge on any atom is -0.338 e. The van der Waals surface area contributed by atoms with Crippen LogP contribution in [0.2, 0.25) is 0 Å². The molecule has 0 saturated carbocycles. The normalized spacial score (nSPS) is 10.5. The van der Waals surface area contributed by atoms with E-state index in [2.05, 4.69) is 17.0 Å². The number of amides is 1. The summed E-state index contributed by atoms with van der Waals surface area (Å²) >= 11 is 0. The summed E-state index contributed by atoms with van der Waals surface area (Å²) in [5, 5.41) is 0. The molecule has 2 aromatic rings. The molecule has 0 heterocycles. The lowest BCUT2D eigenvalue weighted by molar-refractivity contribution is -0.132. The van der Waals surface area contributed by atoms with E-state index in [1.54, 1.807) is 11.0 Å². The number of carbonyl (C=O) groups is 1. The number of hydrogen-bond acceptors (Lipinski definition) is 3. The van der Waals surface area contributed by atoms with E-state index in [-0.39, 0.29) is 24.1 Å². The SMILES string of the molecule is CCN(Cc1cccc(F)c1)C(=O)CN(CCN)CCc1ccccc1.Cl. The fourth-order valence-corrected chi connectivity index (χ4v) is 2.91. The van der Waals surface area contributed by atoms with Crippen molar-refractivity contribution < 1.29 is 9.18 Å². The maximum absolute atomic E-state index is 13.4. The molecule has 0 unspecified atom stereocenters. The van der Waals surface area contributed by atoms with Crippen molar-refractivity contribution in [2.24, 2.45) is 5.73 Å². The van der Waals surface area contributed by atoms with Crippen molar-refractivity contribution in [2.45, 2.75) is 19.9 Å². The molecule has 0 radical (unpaired) electrons. The van der Waals surface area contributed by atoms with Gasteiger partial charge in [0.15, 0.2) is 0 Å². The number of carbonyl (C=O) groups excluding carboxylic acids is 1. The zero-order valence-electron chi connectivity index (χ0n) is 15.8. The molecule has 0 spiro atoms. The van der Waals surface area contributed by atoms with Crippen molar-refractivity contribution in [1.82, 2.24) is 9.80 Å². The van der Waals surface area contributed by atoms with Gasteiger partial charge >= 0.3 is 0 Å². The van der Waals surface area contributed by atoms with Crippen molar-refractivity contribution >= 4 is 18.3 Å². The maximum atomic E-state index is 13.4. The Morgan fingerprint density at radius 3 is 2.37 bits per heavy atom. The van der Waals surface area contributed by atoms with Gasteiger partial charge in [-0.1, -0.05) is 42.5 Å². The van der Waals surface area contributed by atoms with Gasteiger partial charge in [0, 0.05) is 32.7 Å². The third-order valence-corrected chi connectivity index (χ3v) is 4.36. The van der Waals surface area contributed by atoms with Gasteiger partial charge in [0.1, 0.15) is 5.82 Å². The fourth-order valence-electron chi connectivity index (χ4n) is 2.91. The number of halogens is 2. The molecule has 4 nitrogen and oxygen atoms in total. The Bertz CT molecular complexity index is 684. The van der Waals surface area contributed by atoms with Crippen LogP contribution in [0.15, 0.2) is 54.6 Å². The van der Waals surface area contributed by atoms with Crippen LogP contribution in [0.25, 0.3) is 0 Å². The average molecular weight is 394 g/mol. The number of likely N-dealkylation sites (N-methyl/N-ethyl adjacent to an activating group) is 1. The standard InChI is InChI=1S/C21H28FN3O.ClH/c1-2-25(16-19-9-6-10-20(22)15-19)21(26)17-24(14-12-23)13-11-18-7-4-3-5-8-18;/h3-10,15H,2,11-14,16-17,23H2,1H3;1H. The molecule has 27 heavy (non-hydrogen) atoms. The first kappa shape index (κ1) is 23.1. The first-order valence-corrected chi connectivity index (χ1v) is 9.11. The molecule has 0 aromatic heterocycles. The molecular formula is C21H29ClFN3O.